The highest BCUT2D eigenvalue weighted by atomic mass is 16.5. The third-order valence-electron chi connectivity index (χ3n) is 4.30. The lowest BCUT2D eigenvalue weighted by atomic mass is 9.87. The summed E-state index contributed by atoms with van der Waals surface area (Å²) in [4.78, 5) is 25.9. The van der Waals surface area contributed by atoms with Gasteiger partial charge in [0.1, 0.15) is 0 Å². The van der Waals surface area contributed by atoms with Gasteiger partial charge in [0.05, 0.1) is 6.61 Å². The molecule has 1 heterocycles. The lowest BCUT2D eigenvalue weighted by Crippen LogP contribution is -2.45. The predicted octanol–water partition coefficient (Wildman–Crippen LogP) is 2.00. The van der Waals surface area contributed by atoms with Crippen LogP contribution in [-0.2, 0) is 16.0 Å². The van der Waals surface area contributed by atoms with E-state index in [1.54, 1.807) is 20.1 Å². The van der Waals surface area contributed by atoms with E-state index in [9.17, 15) is 9.59 Å². The van der Waals surface area contributed by atoms with Gasteiger partial charge in [-0.15, -0.1) is 0 Å². The molecule has 2 amide bonds. The van der Waals surface area contributed by atoms with Crippen LogP contribution in [0, 0.1) is 5.92 Å². The van der Waals surface area contributed by atoms with Crippen LogP contribution in [0.3, 0.4) is 0 Å². The Hall–Kier alpha value is -1.88. The molecule has 5 nitrogen and oxygen atoms in total. The molecule has 0 spiro atoms. The summed E-state index contributed by atoms with van der Waals surface area (Å²) in [5.41, 5.74) is 2.60. The number of hydrogen-bond acceptors (Lipinski definition) is 3. The molecule has 1 aliphatic rings. The maximum absolute atomic E-state index is 12.1. The van der Waals surface area contributed by atoms with Gasteiger partial charge in [-0.1, -0.05) is 6.92 Å². The van der Waals surface area contributed by atoms with Gasteiger partial charge < -0.3 is 15.0 Å². The summed E-state index contributed by atoms with van der Waals surface area (Å²) in [5, 5.41) is 2.82. The van der Waals surface area contributed by atoms with E-state index in [-0.39, 0.29) is 17.9 Å². The normalized spacial score (nSPS) is 20.5. The van der Waals surface area contributed by atoms with Crippen molar-refractivity contribution >= 4 is 17.5 Å². The van der Waals surface area contributed by atoms with Gasteiger partial charge in [-0.25, -0.2) is 0 Å². The van der Waals surface area contributed by atoms with Crippen molar-refractivity contribution in [2.75, 3.05) is 25.2 Å². The van der Waals surface area contributed by atoms with Crippen molar-refractivity contribution in [1.82, 2.24) is 5.32 Å². The van der Waals surface area contributed by atoms with E-state index in [1.165, 1.54) is 0 Å². The summed E-state index contributed by atoms with van der Waals surface area (Å²) in [7, 11) is 1.60. The second-order valence-corrected chi connectivity index (χ2v) is 5.90. The molecular weight excluding hydrogens is 280 g/mol. The molecular formula is C17H24N2O3. The largest absolute Gasteiger partial charge is 0.383 e. The zero-order valence-electron chi connectivity index (χ0n) is 13.7. The first-order chi connectivity index (χ1) is 10.5. The Balaban J connectivity index is 2.25. The molecule has 0 unspecified atom stereocenters. The van der Waals surface area contributed by atoms with Crippen molar-refractivity contribution in [1.29, 1.82) is 0 Å². The van der Waals surface area contributed by atoms with Gasteiger partial charge in [0.15, 0.2) is 0 Å². The van der Waals surface area contributed by atoms with Crippen LogP contribution in [0.25, 0.3) is 0 Å². The Morgan fingerprint density at radius 2 is 2.09 bits per heavy atom. The number of rotatable bonds is 4. The highest BCUT2D eigenvalue weighted by Gasteiger charge is 2.31. The minimum absolute atomic E-state index is 0.0394. The smallest absolute Gasteiger partial charge is 0.251 e. The highest BCUT2D eigenvalue weighted by Crippen LogP contribution is 2.34. The van der Waals surface area contributed by atoms with Crippen LogP contribution >= 0.6 is 0 Å². The topological polar surface area (TPSA) is 58.6 Å². The van der Waals surface area contributed by atoms with Crippen molar-refractivity contribution in [2.45, 2.75) is 33.2 Å². The summed E-state index contributed by atoms with van der Waals surface area (Å²) in [6.07, 6.45) is 0.874. The van der Waals surface area contributed by atoms with Crippen molar-refractivity contribution < 1.29 is 14.3 Å². The van der Waals surface area contributed by atoms with Crippen molar-refractivity contribution in [2.24, 2.45) is 5.92 Å². The molecule has 1 N–H and O–H groups in total. The first-order valence-corrected chi connectivity index (χ1v) is 7.65. The Kier molecular flexibility index (Phi) is 5.19. The molecule has 0 aromatic heterocycles. The van der Waals surface area contributed by atoms with Gasteiger partial charge in [0, 0.05) is 37.9 Å². The number of fused-ring (bicyclic) bond motifs is 1. The van der Waals surface area contributed by atoms with Crippen LogP contribution in [-0.4, -0.2) is 38.1 Å². The molecule has 120 valence electrons. The molecule has 1 aliphatic heterocycles. The Labute approximate surface area is 131 Å². The molecule has 5 heteroatoms. The van der Waals surface area contributed by atoms with Crippen LogP contribution < -0.4 is 10.2 Å². The van der Waals surface area contributed by atoms with Crippen LogP contribution in [0.15, 0.2) is 18.2 Å². The number of amides is 2. The molecule has 1 aromatic rings. The summed E-state index contributed by atoms with van der Waals surface area (Å²) >= 11 is 0. The molecule has 0 aliphatic carbocycles. The fourth-order valence-corrected chi connectivity index (χ4v) is 2.94. The Morgan fingerprint density at radius 3 is 2.73 bits per heavy atom. The van der Waals surface area contributed by atoms with Crippen LogP contribution in [0.2, 0.25) is 0 Å². The van der Waals surface area contributed by atoms with Gasteiger partial charge in [-0.3, -0.25) is 9.59 Å². The highest BCUT2D eigenvalue weighted by molar-refractivity contribution is 5.97. The molecule has 1 aromatic carbocycles. The van der Waals surface area contributed by atoms with E-state index in [0.29, 0.717) is 24.6 Å². The quantitative estimate of drug-likeness (QED) is 0.866. The van der Waals surface area contributed by atoms with E-state index in [1.807, 2.05) is 17.0 Å². The van der Waals surface area contributed by atoms with E-state index >= 15 is 0 Å². The summed E-state index contributed by atoms with van der Waals surface area (Å²) < 4.78 is 4.93. The van der Waals surface area contributed by atoms with Crippen LogP contribution in [0.5, 0.6) is 0 Å². The zero-order chi connectivity index (χ0) is 16.3. The summed E-state index contributed by atoms with van der Waals surface area (Å²) in [5.74, 6) is 0.293. The lowest BCUT2D eigenvalue weighted by Gasteiger charge is -2.39. The zero-order valence-corrected chi connectivity index (χ0v) is 13.7. The third-order valence-corrected chi connectivity index (χ3v) is 4.30. The van der Waals surface area contributed by atoms with E-state index in [4.69, 9.17) is 4.74 Å². The number of benzene rings is 1. The minimum Gasteiger partial charge on any atom is -0.383 e. The van der Waals surface area contributed by atoms with Crippen molar-refractivity contribution in [3.63, 3.8) is 0 Å². The van der Waals surface area contributed by atoms with E-state index < -0.39 is 0 Å². The molecule has 0 bridgehead atoms. The van der Waals surface area contributed by atoms with E-state index in [0.717, 1.165) is 17.7 Å². The first-order valence-electron chi connectivity index (χ1n) is 7.65. The molecule has 22 heavy (non-hydrogen) atoms. The molecule has 0 saturated carbocycles. The van der Waals surface area contributed by atoms with Crippen LogP contribution in [0.4, 0.5) is 5.69 Å². The van der Waals surface area contributed by atoms with E-state index in [2.05, 4.69) is 19.2 Å². The van der Waals surface area contributed by atoms with Crippen molar-refractivity contribution in [3.05, 3.63) is 29.3 Å². The average Bonchev–Trinajstić information content (AvgIpc) is 2.47. The number of methoxy groups -OCH3 is 1. The van der Waals surface area contributed by atoms with Gasteiger partial charge in [0.25, 0.3) is 5.91 Å². The van der Waals surface area contributed by atoms with Gasteiger partial charge in [-0.05, 0) is 43.0 Å². The molecule has 2 rings (SSSR count). The second-order valence-electron chi connectivity index (χ2n) is 5.90. The monoisotopic (exact) mass is 304 g/mol. The minimum atomic E-state index is -0.111. The number of carbonyl (C=O) groups excluding carboxylic acids is 2. The Morgan fingerprint density at radius 1 is 1.36 bits per heavy atom. The average molecular weight is 304 g/mol. The number of anilines is 1. The maximum atomic E-state index is 12.1. The second kappa shape index (κ2) is 6.92. The molecule has 0 fully saturated rings. The predicted molar refractivity (Wildman–Crippen MR) is 86.1 cm³/mol. The van der Waals surface area contributed by atoms with Crippen molar-refractivity contribution in [3.8, 4) is 0 Å². The number of carbonyl (C=O) groups is 2. The lowest BCUT2D eigenvalue weighted by molar-refractivity contribution is -0.117. The number of nitrogens with zero attached hydrogens (tertiary/aromatic N) is 1. The molecule has 0 saturated heterocycles. The number of hydrogen-bond donors (Lipinski definition) is 1. The summed E-state index contributed by atoms with van der Waals surface area (Å²) in [6.45, 7) is 6.77. The van der Waals surface area contributed by atoms with Gasteiger partial charge >= 0.3 is 0 Å². The number of ether oxygens (including phenoxy) is 1. The van der Waals surface area contributed by atoms with Gasteiger partial charge in [0.2, 0.25) is 5.91 Å². The Bertz CT molecular complexity index is 571. The molecule has 2 atom stereocenters. The summed E-state index contributed by atoms with van der Waals surface area (Å²) in [6, 6.07) is 5.73. The number of nitrogens with one attached hydrogen (secondary N) is 1. The maximum Gasteiger partial charge on any atom is 0.251 e. The third kappa shape index (κ3) is 3.30. The van der Waals surface area contributed by atoms with Gasteiger partial charge in [-0.2, -0.15) is 0 Å². The molecule has 0 radical (unpaired) electrons. The SMILES string of the molecule is COCCNC(=O)c1ccc2c(c1)C[C@@H](C)[C@H](C)N2C(C)=O. The first kappa shape index (κ1) is 16.5. The fourth-order valence-electron chi connectivity index (χ4n) is 2.94. The van der Waals surface area contributed by atoms with Crippen LogP contribution in [0.1, 0.15) is 36.7 Å². The fraction of sp³-hybridized carbons (Fsp3) is 0.529. The standard InChI is InChI=1S/C17H24N2O3/c1-11-9-15-10-14(17(21)18-7-8-22-4)5-6-16(15)19(12(11)2)13(3)20/h5-6,10-12H,7-9H2,1-4H3,(H,18,21)/t11-,12+/m1/s1.